The molecule has 118 valence electrons. The lowest BCUT2D eigenvalue weighted by Crippen LogP contribution is -2.13. The van der Waals surface area contributed by atoms with Crippen molar-refractivity contribution in [2.24, 2.45) is 5.73 Å². The van der Waals surface area contributed by atoms with Crippen molar-refractivity contribution in [2.45, 2.75) is 13.3 Å². The van der Waals surface area contributed by atoms with Gasteiger partial charge < -0.3 is 14.9 Å². The van der Waals surface area contributed by atoms with Crippen molar-refractivity contribution >= 4 is 34.5 Å². The van der Waals surface area contributed by atoms with E-state index in [1.807, 2.05) is 53.9 Å². The van der Waals surface area contributed by atoms with Crippen LogP contribution in [-0.2, 0) is 6.42 Å². The quantitative estimate of drug-likeness (QED) is 0.713. The number of halogens is 1. The third-order valence-corrected chi connectivity index (χ3v) is 3.83. The van der Waals surface area contributed by atoms with Gasteiger partial charge in [-0.15, -0.1) is 0 Å². The molecule has 0 unspecified atom stereocenters. The predicted molar refractivity (Wildman–Crippen MR) is 97.3 cm³/mol. The van der Waals surface area contributed by atoms with E-state index in [1.165, 1.54) is 0 Å². The molecule has 0 aliphatic heterocycles. The van der Waals surface area contributed by atoms with Crippen molar-refractivity contribution in [3.8, 4) is 17.0 Å². The average Bonchev–Trinajstić information content (AvgIpc) is 2.86. The van der Waals surface area contributed by atoms with Gasteiger partial charge in [0, 0.05) is 18.2 Å². The van der Waals surface area contributed by atoms with Gasteiger partial charge in [-0.1, -0.05) is 23.8 Å². The Morgan fingerprint density at radius 2 is 2.00 bits per heavy atom. The Morgan fingerprint density at radius 1 is 1.26 bits per heavy atom. The van der Waals surface area contributed by atoms with E-state index in [2.05, 4.69) is 0 Å². The minimum absolute atomic E-state index is 0.416. The van der Waals surface area contributed by atoms with Crippen molar-refractivity contribution in [1.82, 2.24) is 9.38 Å². The number of ether oxygens (including phenoxy) is 1. The van der Waals surface area contributed by atoms with E-state index in [4.69, 9.17) is 39.3 Å². The standard InChI is InChI=1S/C17H16ClN3OS/c1-2-22-13-6-3-11(4-7-13)17-14(9-15(19)23)21-10-12(18)5-8-16(21)20-17/h3-8,10H,2,9H2,1H3,(H2,19,23). The second-order valence-corrected chi connectivity index (χ2v) is 6.04. The van der Waals surface area contributed by atoms with Crippen molar-refractivity contribution in [3.05, 3.63) is 53.3 Å². The van der Waals surface area contributed by atoms with Gasteiger partial charge in [0.1, 0.15) is 11.4 Å². The maximum absolute atomic E-state index is 6.11. The summed E-state index contributed by atoms with van der Waals surface area (Å²) in [4.78, 5) is 5.12. The highest BCUT2D eigenvalue weighted by molar-refractivity contribution is 7.80. The number of pyridine rings is 1. The Labute approximate surface area is 144 Å². The molecule has 0 atom stereocenters. The number of nitrogens with zero attached hydrogens (tertiary/aromatic N) is 2. The Morgan fingerprint density at radius 3 is 2.65 bits per heavy atom. The minimum Gasteiger partial charge on any atom is -0.494 e. The van der Waals surface area contributed by atoms with E-state index in [0.717, 1.165) is 28.3 Å². The van der Waals surface area contributed by atoms with Crippen LogP contribution in [0.2, 0.25) is 5.02 Å². The molecular weight excluding hydrogens is 330 g/mol. The largest absolute Gasteiger partial charge is 0.494 e. The Kier molecular flexibility index (Phi) is 4.50. The molecule has 0 aliphatic rings. The summed E-state index contributed by atoms with van der Waals surface area (Å²) in [7, 11) is 0. The zero-order valence-corrected chi connectivity index (χ0v) is 14.2. The van der Waals surface area contributed by atoms with E-state index in [9.17, 15) is 0 Å². The SMILES string of the molecule is CCOc1ccc(-c2nc3ccc(Cl)cn3c2CC(N)=S)cc1. The third kappa shape index (κ3) is 3.30. The third-order valence-electron chi connectivity index (χ3n) is 3.46. The summed E-state index contributed by atoms with van der Waals surface area (Å²) in [6, 6.07) is 11.5. The van der Waals surface area contributed by atoms with Gasteiger partial charge in [0.05, 0.1) is 28.0 Å². The second kappa shape index (κ2) is 6.56. The monoisotopic (exact) mass is 345 g/mol. The van der Waals surface area contributed by atoms with Crippen molar-refractivity contribution in [1.29, 1.82) is 0 Å². The lowest BCUT2D eigenvalue weighted by atomic mass is 10.1. The van der Waals surface area contributed by atoms with Crippen molar-refractivity contribution in [3.63, 3.8) is 0 Å². The smallest absolute Gasteiger partial charge is 0.137 e. The molecule has 3 rings (SSSR count). The molecule has 1 aromatic carbocycles. The molecule has 0 saturated carbocycles. The van der Waals surface area contributed by atoms with Crippen LogP contribution in [0.1, 0.15) is 12.6 Å². The first-order valence-corrected chi connectivity index (χ1v) is 8.05. The summed E-state index contributed by atoms with van der Waals surface area (Å²) in [5.41, 5.74) is 9.34. The van der Waals surface area contributed by atoms with Gasteiger partial charge in [0.15, 0.2) is 0 Å². The highest BCUT2D eigenvalue weighted by atomic mass is 35.5. The number of fused-ring (bicyclic) bond motifs is 1. The summed E-state index contributed by atoms with van der Waals surface area (Å²) < 4.78 is 7.42. The van der Waals surface area contributed by atoms with Crippen LogP contribution in [0.5, 0.6) is 5.75 Å². The van der Waals surface area contributed by atoms with Crippen molar-refractivity contribution < 1.29 is 4.74 Å². The lowest BCUT2D eigenvalue weighted by Gasteiger charge is -2.06. The van der Waals surface area contributed by atoms with Gasteiger partial charge in [-0.3, -0.25) is 0 Å². The summed E-state index contributed by atoms with van der Waals surface area (Å²) in [6.07, 6.45) is 2.29. The normalized spacial score (nSPS) is 10.9. The van der Waals surface area contributed by atoms with Gasteiger partial charge >= 0.3 is 0 Å². The second-order valence-electron chi connectivity index (χ2n) is 5.08. The molecule has 0 radical (unpaired) electrons. The molecule has 0 amide bonds. The van der Waals surface area contributed by atoms with Crippen LogP contribution in [-0.4, -0.2) is 21.0 Å². The van der Waals surface area contributed by atoms with Gasteiger partial charge in [0.25, 0.3) is 0 Å². The van der Waals surface area contributed by atoms with Crippen LogP contribution in [0, 0.1) is 0 Å². The van der Waals surface area contributed by atoms with E-state index in [1.54, 1.807) is 0 Å². The summed E-state index contributed by atoms with van der Waals surface area (Å²) in [5.74, 6) is 0.832. The highest BCUT2D eigenvalue weighted by Gasteiger charge is 2.15. The molecule has 4 nitrogen and oxygen atoms in total. The number of rotatable bonds is 5. The number of imidazole rings is 1. The van der Waals surface area contributed by atoms with Crippen LogP contribution in [0.4, 0.5) is 0 Å². The van der Waals surface area contributed by atoms with E-state index in [0.29, 0.717) is 23.0 Å². The van der Waals surface area contributed by atoms with E-state index < -0.39 is 0 Å². The molecule has 2 heterocycles. The molecule has 2 aromatic heterocycles. The van der Waals surface area contributed by atoms with Gasteiger partial charge in [-0.25, -0.2) is 4.98 Å². The first-order valence-electron chi connectivity index (χ1n) is 7.26. The molecule has 0 saturated heterocycles. The summed E-state index contributed by atoms with van der Waals surface area (Å²) in [5, 5.41) is 0.636. The number of hydrogen-bond donors (Lipinski definition) is 1. The first kappa shape index (κ1) is 15.8. The molecule has 2 N–H and O–H groups in total. The van der Waals surface area contributed by atoms with Gasteiger partial charge in [0.2, 0.25) is 0 Å². The van der Waals surface area contributed by atoms with Crippen LogP contribution in [0.15, 0.2) is 42.6 Å². The molecule has 3 aromatic rings. The molecule has 0 spiro atoms. The van der Waals surface area contributed by atoms with Gasteiger partial charge in [-0.2, -0.15) is 0 Å². The molecule has 0 bridgehead atoms. The zero-order chi connectivity index (χ0) is 16.4. The zero-order valence-electron chi connectivity index (χ0n) is 12.6. The molecule has 6 heteroatoms. The lowest BCUT2D eigenvalue weighted by molar-refractivity contribution is 0.340. The number of benzene rings is 1. The molecule has 0 fully saturated rings. The fourth-order valence-corrected chi connectivity index (χ4v) is 2.81. The van der Waals surface area contributed by atoms with Crippen LogP contribution in [0.3, 0.4) is 0 Å². The number of thiocarbonyl (C=S) groups is 1. The average molecular weight is 346 g/mol. The number of hydrogen-bond acceptors (Lipinski definition) is 3. The number of nitrogens with two attached hydrogens (primary N) is 1. The maximum Gasteiger partial charge on any atom is 0.137 e. The van der Waals surface area contributed by atoms with Crippen LogP contribution in [0.25, 0.3) is 16.9 Å². The summed E-state index contributed by atoms with van der Waals surface area (Å²) >= 11 is 11.2. The maximum atomic E-state index is 6.11. The number of aromatic nitrogens is 2. The van der Waals surface area contributed by atoms with Crippen LogP contribution < -0.4 is 10.5 Å². The Bertz CT molecular complexity index is 858. The fraction of sp³-hybridized carbons (Fsp3) is 0.176. The van der Waals surface area contributed by atoms with Crippen molar-refractivity contribution in [2.75, 3.05) is 6.61 Å². The minimum atomic E-state index is 0.416. The molecule has 0 aliphatic carbocycles. The van der Waals surface area contributed by atoms with Gasteiger partial charge in [-0.05, 0) is 43.3 Å². The fourth-order valence-electron chi connectivity index (χ4n) is 2.51. The Hall–Kier alpha value is -2.11. The molecular formula is C17H16ClN3OS. The van der Waals surface area contributed by atoms with Crippen LogP contribution >= 0.6 is 23.8 Å². The topological polar surface area (TPSA) is 52.5 Å². The highest BCUT2D eigenvalue weighted by Crippen LogP contribution is 2.27. The predicted octanol–water partition coefficient (Wildman–Crippen LogP) is 3.88. The summed E-state index contributed by atoms with van der Waals surface area (Å²) in [6.45, 7) is 2.60. The van der Waals surface area contributed by atoms with E-state index >= 15 is 0 Å². The Balaban J connectivity index is 2.13. The first-order chi connectivity index (χ1) is 11.1. The molecule has 23 heavy (non-hydrogen) atoms. The van der Waals surface area contributed by atoms with E-state index in [-0.39, 0.29) is 0 Å².